The van der Waals surface area contributed by atoms with Crippen LogP contribution >= 0.6 is 27.3 Å². The van der Waals surface area contributed by atoms with Crippen molar-refractivity contribution in [1.82, 2.24) is 4.90 Å². The van der Waals surface area contributed by atoms with E-state index >= 15 is 0 Å². The Labute approximate surface area is 127 Å². The Balaban J connectivity index is 1.78. The predicted molar refractivity (Wildman–Crippen MR) is 85.6 cm³/mol. The Morgan fingerprint density at radius 2 is 2.21 bits per heavy atom. The Bertz CT molecular complexity index is 563. The molecule has 0 aliphatic carbocycles. The largest absolute Gasteiger partial charge is 0.291 e. The summed E-state index contributed by atoms with van der Waals surface area (Å²) in [6.45, 7) is 4.47. The summed E-state index contributed by atoms with van der Waals surface area (Å²) < 4.78 is 1.23. The highest BCUT2D eigenvalue weighted by Gasteiger charge is 2.26. The van der Waals surface area contributed by atoms with E-state index in [2.05, 4.69) is 64.2 Å². The lowest BCUT2D eigenvalue weighted by Crippen LogP contribution is -2.22. The van der Waals surface area contributed by atoms with Gasteiger partial charge in [-0.15, -0.1) is 11.3 Å². The molecule has 1 saturated heterocycles. The average molecular weight is 336 g/mol. The Kier molecular flexibility index (Phi) is 4.06. The Morgan fingerprint density at radius 3 is 2.95 bits per heavy atom. The minimum atomic E-state index is 0.598. The standard InChI is InChI=1S/C16H18BrNS/c1-12-4-2-5-13(10-12)15-6-3-9-18(15)11-14-7-8-16(17)19-14/h2,4-5,7-8,10,15H,3,6,9,11H2,1H3/t15-/m0/s1. The van der Waals surface area contributed by atoms with Crippen LogP contribution in [0.3, 0.4) is 0 Å². The number of rotatable bonds is 3. The number of hydrogen-bond donors (Lipinski definition) is 0. The van der Waals surface area contributed by atoms with Gasteiger partial charge in [0.1, 0.15) is 0 Å². The number of halogens is 1. The molecule has 2 heterocycles. The summed E-state index contributed by atoms with van der Waals surface area (Å²) in [6.07, 6.45) is 2.60. The van der Waals surface area contributed by atoms with Gasteiger partial charge in [0, 0.05) is 17.5 Å². The molecule has 0 amide bonds. The van der Waals surface area contributed by atoms with Gasteiger partial charge in [0.2, 0.25) is 0 Å². The van der Waals surface area contributed by atoms with Gasteiger partial charge in [-0.05, 0) is 59.9 Å². The van der Waals surface area contributed by atoms with Gasteiger partial charge in [-0.3, -0.25) is 4.90 Å². The van der Waals surface area contributed by atoms with Crippen molar-refractivity contribution in [3.8, 4) is 0 Å². The lowest BCUT2D eigenvalue weighted by Gasteiger charge is -2.24. The molecule has 1 nitrogen and oxygen atoms in total. The normalized spacial score (nSPS) is 20.0. The molecule has 1 aromatic heterocycles. The second kappa shape index (κ2) is 5.78. The molecule has 0 bridgehead atoms. The van der Waals surface area contributed by atoms with E-state index in [-0.39, 0.29) is 0 Å². The van der Waals surface area contributed by atoms with E-state index in [0.717, 1.165) is 6.54 Å². The van der Waals surface area contributed by atoms with Crippen LogP contribution in [0.5, 0.6) is 0 Å². The molecule has 3 heteroatoms. The van der Waals surface area contributed by atoms with Gasteiger partial charge in [-0.25, -0.2) is 0 Å². The summed E-state index contributed by atoms with van der Waals surface area (Å²) in [5.41, 5.74) is 2.84. The molecule has 0 spiro atoms. The molecule has 0 N–H and O–H groups in total. The van der Waals surface area contributed by atoms with Crippen LogP contribution in [0.1, 0.15) is 34.9 Å². The van der Waals surface area contributed by atoms with Crippen LogP contribution in [-0.4, -0.2) is 11.4 Å². The number of hydrogen-bond acceptors (Lipinski definition) is 2. The molecule has 0 radical (unpaired) electrons. The smallest absolute Gasteiger partial charge is 0.0701 e. The van der Waals surface area contributed by atoms with E-state index in [1.54, 1.807) is 0 Å². The topological polar surface area (TPSA) is 3.24 Å². The van der Waals surface area contributed by atoms with E-state index in [1.807, 2.05) is 11.3 Å². The van der Waals surface area contributed by atoms with Crippen LogP contribution < -0.4 is 0 Å². The third kappa shape index (κ3) is 3.10. The molecule has 3 rings (SSSR count). The molecule has 0 saturated carbocycles. The quantitative estimate of drug-likeness (QED) is 0.749. The fraction of sp³-hybridized carbons (Fsp3) is 0.375. The zero-order chi connectivity index (χ0) is 13.2. The maximum atomic E-state index is 3.55. The van der Waals surface area contributed by atoms with Crippen molar-refractivity contribution in [3.05, 3.63) is 56.2 Å². The first-order valence-electron chi connectivity index (χ1n) is 6.77. The molecule has 0 unspecified atom stereocenters. The van der Waals surface area contributed by atoms with E-state index in [4.69, 9.17) is 0 Å². The van der Waals surface area contributed by atoms with Crippen LogP contribution in [0.15, 0.2) is 40.2 Å². The molecule has 19 heavy (non-hydrogen) atoms. The lowest BCUT2D eigenvalue weighted by molar-refractivity contribution is 0.250. The van der Waals surface area contributed by atoms with Gasteiger partial charge < -0.3 is 0 Å². The number of likely N-dealkylation sites (tertiary alicyclic amines) is 1. The van der Waals surface area contributed by atoms with Crippen LogP contribution in [0, 0.1) is 6.92 Å². The second-order valence-corrected chi connectivity index (χ2v) is 7.80. The molecule has 100 valence electrons. The van der Waals surface area contributed by atoms with Crippen molar-refractivity contribution in [2.24, 2.45) is 0 Å². The van der Waals surface area contributed by atoms with Gasteiger partial charge in [-0.1, -0.05) is 29.8 Å². The molecular weight excluding hydrogens is 318 g/mol. The summed E-state index contributed by atoms with van der Waals surface area (Å²) in [7, 11) is 0. The van der Waals surface area contributed by atoms with Crippen molar-refractivity contribution in [2.75, 3.05) is 6.54 Å². The maximum absolute atomic E-state index is 3.55. The number of aryl methyl sites for hydroxylation is 1. The Morgan fingerprint density at radius 1 is 1.32 bits per heavy atom. The monoisotopic (exact) mass is 335 g/mol. The van der Waals surface area contributed by atoms with Gasteiger partial charge in [0.05, 0.1) is 3.79 Å². The highest BCUT2D eigenvalue weighted by Crippen LogP contribution is 2.34. The first-order chi connectivity index (χ1) is 9.22. The molecule has 2 aromatic rings. The predicted octanol–water partition coefficient (Wildman–Crippen LogP) is 5.16. The molecule has 1 aliphatic rings. The van der Waals surface area contributed by atoms with Gasteiger partial charge in [0.25, 0.3) is 0 Å². The molecule has 1 aromatic carbocycles. The van der Waals surface area contributed by atoms with Crippen molar-refractivity contribution in [1.29, 1.82) is 0 Å². The number of benzene rings is 1. The van der Waals surface area contributed by atoms with Gasteiger partial charge >= 0.3 is 0 Å². The molecule has 1 atom stereocenters. The summed E-state index contributed by atoms with van der Waals surface area (Å²) >= 11 is 5.40. The highest BCUT2D eigenvalue weighted by atomic mass is 79.9. The zero-order valence-corrected chi connectivity index (χ0v) is 13.5. The van der Waals surface area contributed by atoms with Crippen molar-refractivity contribution in [3.63, 3.8) is 0 Å². The number of thiophene rings is 1. The van der Waals surface area contributed by atoms with Crippen molar-refractivity contribution >= 4 is 27.3 Å². The third-order valence-corrected chi connectivity index (χ3v) is 5.39. The maximum Gasteiger partial charge on any atom is 0.0701 e. The summed E-state index contributed by atoms with van der Waals surface area (Å²) in [5.74, 6) is 0. The van der Waals surface area contributed by atoms with Gasteiger partial charge in [0.15, 0.2) is 0 Å². The van der Waals surface area contributed by atoms with Crippen LogP contribution in [0.2, 0.25) is 0 Å². The van der Waals surface area contributed by atoms with Gasteiger partial charge in [-0.2, -0.15) is 0 Å². The van der Waals surface area contributed by atoms with E-state index in [1.165, 1.54) is 39.2 Å². The molecule has 1 aliphatic heterocycles. The summed E-state index contributed by atoms with van der Waals surface area (Å²) in [6, 6.07) is 14.0. The molecule has 1 fully saturated rings. The van der Waals surface area contributed by atoms with Crippen LogP contribution in [0.4, 0.5) is 0 Å². The first-order valence-corrected chi connectivity index (χ1v) is 8.38. The van der Waals surface area contributed by atoms with E-state index in [9.17, 15) is 0 Å². The third-order valence-electron chi connectivity index (χ3n) is 3.78. The lowest BCUT2D eigenvalue weighted by atomic mass is 10.0. The zero-order valence-electron chi connectivity index (χ0n) is 11.1. The second-order valence-electron chi connectivity index (χ2n) is 5.25. The summed E-state index contributed by atoms with van der Waals surface area (Å²) in [5, 5.41) is 0. The van der Waals surface area contributed by atoms with Crippen LogP contribution in [-0.2, 0) is 6.54 Å². The fourth-order valence-electron chi connectivity index (χ4n) is 2.91. The SMILES string of the molecule is Cc1cccc([C@@H]2CCCN2Cc2ccc(Br)s2)c1. The number of nitrogens with zero attached hydrogens (tertiary/aromatic N) is 1. The minimum absolute atomic E-state index is 0.598. The van der Waals surface area contributed by atoms with E-state index < -0.39 is 0 Å². The molecular formula is C16H18BrNS. The van der Waals surface area contributed by atoms with E-state index in [0.29, 0.717) is 6.04 Å². The van der Waals surface area contributed by atoms with Crippen LogP contribution in [0.25, 0.3) is 0 Å². The minimum Gasteiger partial charge on any atom is -0.291 e. The first kappa shape index (κ1) is 13.3. The Hall–Kier alpha value is -0.640. The average Bonchev–Trinajstić information content (AvgIpc) is 2.99. The van der Waals surface area contributed by atoms with Crippen molar-refractivity contribution in [2.45, 2.75) is 32.4 Å². The fourth-order valence-corrected chi connectivity index (χ4v) is 4.42. The highest BCUT2D eigenvalue weighted by molar-refractivity contribution is 9.11. The van der Waals surface area contributed by atoms with Crippen molar-refractivity contribution < 1.29 is 0 Å². The summed E-state index contributed by atoms with van der Waals surface area (Å²) in [4.78, 5) is 4.07.